The van der Waals surface area contributed by atoms with Crippen LogP contribution in [0, 0.1) is 11.7 Å². The van der Waals surface area contributed by atoms with Crippen LogP contribution in [-0.2, 0) is 16.1 Å². The van der Waals surface area contributed by atoms with Crippen LogP contribution in [0.15, 0.2) is 24.3 Å². The fourth-order valence-electron chi connectivity index (χ4n) is 2.97. The Bertz CT molecular complexity index is 577. The van der Waals surface area contributed by atoms with Gasteiger partial charge in [-0.05, 0) is 37.1 Å². The Morgan fingerprint density at radius 2 is 2.17 bits per heavy atom. The number of rotatable bonds is 6. The lowest BCUT2D eigenvalue weighted by molar-refractivity contribution is -0.129. The van der Waals surface area contributed by atoms with E-state index in [1.165, 1.54) is 17.0 Å². The minimum absolute atomic E-state index is 0.00509. The fourth-order valence-corrected chi connectivity index (χ4v) is 2.97. The average Bonchev–Trinajstić information content (AvgIpc) is 2.54. The SMILES string of the molecule is CN(C)C(=O)CCNC(=O)[C@@H]1CCCN(Cc2cccc(F)c2)C1. The molecule has 1 aliphatic heterocycles. The molecule has 0 bridgehead atoms. The summed E-state index contributed by atoms with van der Waals surface area (Å²) in [5, 5.41) is 2.86. The quantitative estimate of drug-likeness (QED) is 0.860. The van der Waals surface area contributed by atoms with Crippen molar-refractivity contribution < 1.29 is 14.0 Å². The van der Waals surface area contributed by atoms with Crippen LogP contribution in [-0.4, -0.2) is 55.3 Å². The summed E-state index contributed by atoms with van der Waals surface area (Å²) in [5.74, 6) is -0.289. The second kappa shape index (κ2) is 8.78. The molecule has 1 saturated heterocycles. The summed E-state index contributed by atoms with van der Waals surface area (Å²) in [6.45, 7) is 2.61. The van der Waals surface area contributed by atoms with Crippen molar-refractivity contribution in [2.24, 2.45) is 5.92 Å². The molecule has 6 heteroatoms. The van der Waals surface area contributed by atoms with E-state index in [0.29, 0.717) is 26.1 Å². The van der Waals surface area contributed by atoms with Gasteiger partial charge in [0.25, 0.3) is 0 Å². The zero-order chi connectivity index (χ0) is 17.5. The number of carbonyl (C=O) groups excluding carboxylic acids is 2. The summed E-state index contributed by atoms with van der Waals surface area (Å²) in [4.78, 5) is 27.5. The molecule has 1 aliphatic rings. The van der Waals surface area contributed by atoms with Crippen molar-refractivity contribution in [3.05, 3.63) is 35.6 Å². The summed E-state index contributed by atoms with van der Waals surface area (Å²) >= 11 is 0. The monoisotopic (exact) mass is 335 g/mol. The van der Waals surface area contributed by atoms with Gasteiger partial charge in [0.2, 0.25) is 11.8 Å². The predicted octanol–water partition coefficient (Wildman–Crippen LogP) is 1.63. The van der Waals surface area contributed by atoms with Gasteiger partial charge in [-0.15, -0.1) is 0 Å². The normalized spacial score (nSPS) is 18.2. The molecular weight excluding hydrogens is 309 g/mol. The van der Waals surface area contributed by atoms with Crippen molar-refractivity contribution in [1.29, 1.82) is 0 Å². The number of carbonyl (C=O) groups is 2. The number of halogens is 1. The van der Waals surface area contributed by atoms with E-state index in [0.717, 1.165) is 24.9 Å². The van der Waals surface area contributed by atoms with Gasteiger partial charge in [-0.1, -0.05) is 12.1 Å². The van der Waals surface area contributed by atoms with Crippen LogP contribution in [0.5, 0.6) is 0 Å². The Morgan fingerprint density at radius 3 is 2.88 bits per heavy atom. The average molecular weight is 335 g/mol. The van der Waals surface area contributed by atoms with Crippen molar-refractivity contribution in [2.75, 3.05) is 33.7 Å². The standard InChI is InChI=1S/C18H26FN3O2/c1-21(2)17(23)8-9-20-18(24)15-6-4-10-22(13-15)12-14-5-3-7-16(19)11-14/h3,5,7,11,15H,4,6,8-10,12-13H2,1-2H3,(H,20,24)/t15-/m1/s1. The molecule has 1 atom stereocenters. The minimum Gasteiger partial charge on any atom is -0.355 e. The molecule has 1 aromatic rings. The van der Waals surface area contributed by atoms with Gasteiger partial charge in [-0.25, -0.2) is 4.39 Å². The zero-order valence-electron chi connectivity index (χ0n) is 14.4. The van der Waals surface area contributed by atoms with Crippen LogP contribution in [0.4, 0.5) is 4.39 Å². The smallest absolute Gasteiger partial charge is 0.224 e. The number of nitrogens with zero attached hydrogens (tertiary/aromatic N) is 2. The van der Waals surface area contributed by atoms with Crippen LogP contribution in [0.1, 0.15) is 24.8 Å². The lowest BCUT2D eigenvalue weighted by atomic mass is 9.96. The molecule has 24 heavy (non-hydrogen) atoms. The third-order valence-electron chi connectivity index (χ3n) is 4.31. The van der Waals surface area contributed by atoms with E-state index < -0.39 is 0 Å². The van der Waals surface area contributed by atoms with E-state index in [1.54, 1.807) is 20.2 Å². The van der Waals surface area contributed by atoms with Crippen LogP contribution >= 0.6 is 0 Å². The molecule has 1 heterocycles. The zero-order valence-corrected chi connectivity index (χ0v) is 14.4. The number of hydrogen-bond donors (Lipinski definition) is 1. The number of amides is 2. The van der Waals surface area contributed by atoms with Crippen LogP contribution in [0.3, 0.4) is 0 Å². The van der Waals surface area contributed by atoms with Gasteiger partial charge in [0.1, 0.15) is 5.82 Å². The minimum atomic E-state index is -0.232. The Morgan fingerprint density at radius 1 is 1.38 bits per heavy atom. The van der Waals surface area contributed by atoms with Gasteiger partial charge < -0.3 is 10.2 Å². The van der Waals surface area contributed by atoms with Crippen LogP contribution in [0.25, 0.3) is 0 Å². The van der Waals surface area contributed by atoms with Gasteiger partial charge >= 0.3 is 0 Å². The lowest BCUT2D eigenvalue weighted by Crippen LogP contribution is -2.43. The first-order valence-corrected chi connectivity index (χ1v) is 8.40. The maximum Gasteiger partial charge on any atom is 0.224 e. The first-order chi connectivity index (χ1) is 11.5. The molecule has 5 nitrogen and oxygen atoms in total. The van der Waals surface area contributed by atoms with Crippen molar-refractivity contribution in [3.63, 3.8) is 0 Å². The highest BCUT2D eigenvalue weighted by molar-refractivity contribution is 5.80. The van der Waals surface area contributed by atoms with Crippen LogP contribution in [0.2, 0.25) is 0 Å². The Hall–Kier alpha value is -1.95. The number of benzene rings is 1. The van der Waals surface area contributed by atoms with Gasteiger partial charge in [-0.3, -0.25) is 14.5 Å². The molecule has 0 spiro atoms. The second-order valence-electron chi connectivity index (χ2n) is 6.53. The highest BCUT2D eigenvalue weighted by Crippen LogP contribution is 2.19. The molecule has 1 N–H and O–H groups in total. The number of nitrogens with one attached hydrogen (secondary N) is 1. The summed E-state index contributed by atoms with van der Waals surface area (Å²) in [6, 6.07) is 6.59. The Balaban J connectivity index is 1.79. The topological polar surface area (TPSA) is 52.7 Å². The van der Waals surface area contributed by atoms with Crippen molar-refractivity contribution in [3.8, 4) is 0 Å². The van der Waals surface area contributed by atoms with E-state index >= 15 is 0 Å². The maximum atomic E-state index is 13.3. The predicted molar refractivity (Wildman–Crippen MR) is 90.7 cm³/mol. The van der Waals surface area contributed by atoms with Gasteiger partial charge in [-0.2, -0.15) is 0 Å². The van der Waals surface area contributed by atoms with Gasteiger partial charge in [0, 0.05) is 40.2 Å². The highest BCUT2D eigenvalue weighted by atomic mass is 19.1. The Labute approximate surface area is 142 Å². The molecule has 1 fully saturated rings. The summed E-state index contributed by atoms with van der Waals surface area (Å²) in [7, 11) is 3.41. The highest BCUT2D eigenvalue weighted by Gasteiger charge is 2.25. The van der Waals surface area contributed by atoms with E-state index in [9.17, 15) is 14.0 Å². The summed E-state index contributed by atoms with van der Waals surface area (Å²) < 4.78 is 13.3. The molecule has 0 saturated carbocycles. The third kappa shape index (κ3) is 5.60. The molecule has 0 unspecified atom stereocenters. The van der Waals surface area contributed by atoms with Gasteiger partial charge in [0.05, 0.1) is 5.92 Å². The van der Waals surface area contributed by atoms with E-state index in [2.05, 4.69) is 10.2 Å². The van der Waals surface area contributed by atoms with Crippen molar-refractivity contribution in [1.82, 2.24) is 15.1 Å². The fraction of sp³-hybridized carbons (Fsp3) is 0.556. The summed E-state index contributed by atoms with van der Waals surface area (Å²) in [5.41, 5.74) is 0.924. The van der Waals surface area contributed by atoms with Gasteiger partial charge in [0.15, 0.2) is 0 Å². The van der Waals surface area contributed by atoms with Crippen molar-refractivity contribution >= 4 is 11.8 Å². The molecule has 0 aromatic heterocycles. The van der Waals surface area contributed by atoms with E-state index in [4.69, 9.17) is 0 Å². The second-order valence-corrected chi connectivity index (χ2v) is 6.53. The number of hydrogen-bond acceptors (Lipinski definition) is 3. The lowest BCUT2D eigenvalue weighted by Gasteiger charge is -2.32. The first-order valence-electron chi connectivity index (χ1n) is 8.40. The molecule has 2 rings (SSSR count). The molecule has 2 amide bonds. The summed E-state index contributed by atoms with van der Waals surface area (Å²) in [6.07, 6.45) is 2.12. The molecular formula is C18H26FN3O2. The third-order valence-corrected chi connectivity index (χ3v) is 4.31. The largest absolute Gasteiger partial charge is 0.355 e. The van der Waals surface area contributed by atoms with Crippen molar-refractivity contribution in [2.45, 2.75) is 25.8 Å². The first kappa shape index (κ1) is 18.4. The molecule has 1 aromatic carbocycles. The maximum absolute atomic E-state index is 13.3. The molecule has 0 aliphatic carbocycles. The Kier molecular flexibility index (Phi) is 6.73. The molecule has 0 radical (unpaired) electrons. The van der Waals surface area contributed by atoms with E-state index in [1.807, 2.05) is 6.07 Å². The number of piperidine rings is 1. The van der Waals surface area contributed by atoms with Crippen LogP contribution < -0.4 is 5.32 Å². The molecule has 132 valence electrons. The number of likely N-dealkylation sites (tertiary alicyclic amines) is 1. The van der Waals surface area contributed by atoms with E-state index in [-0.39, 0.29) is 23.5 Å².